The lowest BCUT2D eigenvalue weighted by Gasteiger charge is -2.17. The topological polar surface area (TPSA) is 67.4 Å². The van der Waals surface area contributed by atoms with Gasteiger partial charge in [-0.25, -0.2) is 0 Å². The van der Waals surface area contributed by atoms with Crippen LogP contribution in [0, 0.1) is 0 Å². The molecule has 5 heteroatoms. The van der Waals surface area contributed by atoms with Crippen molar-refractivity contribution in [3.8, 4) is 5.75 Å². The summed E-state index contributed by atoms with van der Waals surface area (Å²) in [5.74, 6) is 0.446. The maximum absolute atomic E-state index is 12.2. The first kappa shape index (κ1) is 15.8. The highest BCUT2D eigenvalue weighted by atomic mass is 16.5. The second-order valence-corrected chi connectivity index (χ2v) is 5.37. The highest BCUT2D eigenvalue weighted by molar-refractivity contribution is 5.99. The van der Waals surface area contributed by atoms with Gasteiger partial charge in [0.15, 0.2) is 0 Å². The Morgan fingerprint density at radius 3 is 2.33 bits per heavy atom. The van der Waals surface area contributed by atoms with Crippen LogP contribution in [0.3, 0.4) is 0 Å². The molecule has 0 atom stereocenters. The van der Waals surface area contributed by atoms with Crippen molar-refractivity contribution < 1.29 is 14.3 Å². The minimum absolute atomic E-state index is 0.154. The van der Waals surface area contributed by atoms with Crippen LogP contribution in [0.15, 0.2) is 60.2 Å². The average molecular weight is 322 g/mol. The fourth-order valence-corrected chi connectivity index (χ4v) is 2.40. The second-order valence-electron chi connectivity index (χ2n) is 5.37. The van der Waals surface area contributed by atoms with E-state index in [4.69, 9.17) is 4.74 Å². The standard InChI is InChI=1S/C19H18N2O3/c22-18(14-6-2-1-3-7-14)20-10-11-21-19(23)16-12-15-8-4-5-9-17(15)24-13-16/h1-9,12H,10-11,13H2,(H,20,22)(H,21,23). The van der Waals surface area contributed by atoms with Gasteiger partial charge in [0.2, 0.25) is 0 Å². The number of amides is 2. The van der Waals surface area contributed by atoms with Crippen LogP contribution in [0.5, 0.6) is 5.75 Å². The van der Waals surface area contributed by atoms with Gasteiger partial charge in [-0.2, -0.15) is 0 Å². The molecule has 2 N–H and O–H groups in total. The quantitative estimate of drug-likeness (QED) is 0.828. The molecule has 0 saturated carbocycles. The first-order valence-electron chi connectivity index (χ1n) is 7.78. The van der Waals surface area contributed by atoms with Gasteiger partial charge in [0.25, 0.3) is 11.8 Å². The number of hydrogen-bond acceptors (Lipinski definition) is 3. The van der Waals surface area contributed by atoms with Crippen LogP contribution in [0.25, 0.3) is 6.08 Å². The van der Waals surface area contributed by atoms with Crippen molar-refractivity contribution in [2.75, 3.05) is 19.7 Å². The predicted molar refractivity (Wildman–Crippen MR) is 91.7 cm³/mol. The molecular weight excluding hydrogens is 304 g/mol. The Morgan fingerprint density at radius 1 is 0.875 bits per heavy atom. The Labute approximate surface area is 140 Å². The van der Waals surface area contributed by atoms with Crippen molar-refractivity contribution in [2.24, 2.45) is 0 Å². The van der Waals surface area contributed by atoms with Crippen molar-refractivity contribution in [2.45, 2.75) is 0 Å². The zero-order valence-electron chi connectivity index (χ0n) is 13.1. The van der Waals surface area contributed by atoms with Gasteiger partial charge in [-0.05, 0) is 24.3 Å². The van der Waals surface area contributed by atoms with E-state index in [1.807, 2.05) is 48.5 Å². The average Bonchev–Trinajstić information content (AvgIpc) is 2.65. The lowest BCUT2D eigenvalue weighted by atomic mass is 10.1. The molecule has 0 aliphatic carbocycles. The van der Waals surface area contributed by atoms with E-state index in [2.05, 4.69) is 10.6 Å². The van der Waals surface area contributed by atoms with Gasteiger partial charge in [0.1, 0.15) is 12.4 Å². The molecule has 0 radical (unpaired) electrons. The van der Waals surface area contributed by atoms with Crippen LogP contribution in [0.2, 0.25) is 0 Å². The zero-order chi connectivity index (χ0) is 16.8. The Morgan fingerprint density at radius 2 is 1.54 bits per heavy atom. The molecule has 0 aromatic heterocycles. The SMILES string of the molecule is O=C(NCCNC(=O)c1ccccc1)C1=Cc2ccccc2OC1. The van der Waals surface area contributed by atoms with Gasteiger partial charge >= 0.3 is 0 Å². The van der Waals surface area contributed by atoms with Crippen molar-refractivity contribution in [1.29, 1.82) is 0 Å². The number of benzene rings is 2. The molecule has 2 amide bonds. The summed E-state index contributed by atoms with van der Waals surface area (Å²) >= 11 is 0. The van der Waals surface area contributed by atoms with Crippen LogP contribution in [-0.2, 0) is 4.79 Å². The molecule has 0 spiro atoms. The summed E-state index contributed by atoms with van der Waals surface area (Å²) in [6.07, 6.45) is 1.83. The lowest BCUT2D eigenvalue weighted by Crippen LogP contribution is -2.36. The third kappa shape index (κ3) is 3.81. The summed E-state index contributed by atoms with van der Waals surface area (Å²) in [5.41, 5.74) is 2.07. The minimum Gasteiger partial charge on any atom is -0.488 e. The summed E-state index contributed by atoms with van der Waals surface area (Å²) in [7, 11) is 0. The molecule has 0 unspecified atom stereocenters. The molecule has 5 nitrogen and oxygen atoms in total. The molecule has 0 bridgehead atoms. The number of nitrogens with one attached hydrogen (secondary N) is 2. The van der Waals surface area contributed by atoms with Crippen LogP contribution < -0.4 is 15.4 Å². The molecule has 0 saturated heterocycles. The molecule has 1 aliphatic rings. The van der Waals surface area contributed by atoms with Crippen molar-refractivity contribution >= 4 is 17.9 Å². The van der Waals surface area contributed by atoms with Gasteiger partial charge in [-0.15, -0.1) is 0 Å². The molecule has 2 aromatic rings. The Balaban J connectivity index is 1.47. The number of carbonyl (C=O) groups is 2. The van der Waals surface area contributed by atoms with Gasteiger partial charge in [0, 0.05) is 24.2 Å². The Kier molecular flexibility index (Phi) is 4.91. The monoisotopic (exact) mass is 322 g/mol. The lowest BCUT2D eigenvalue weighted by molar-refractivity contribution is -0.117. The van der Waals surface area contributed by atoms with Crippen LogP contribution in [0.4, 0.5) is 0 Å². The van der Waals surface area contributed by atoms with E-state index >= 15 is 0 Å². The van der Waals surface area contributed by atoms with E-state index in [1.165, 1.54) is 0 Å². The van der Waals surface area contributed by atoms with E-state index in [1.54, 1.807) is 12.1 Å². The molecule has 1 heterocycles. The molecule has 122 valence electrons. The van der Waals surface area contributed by atoms with Crippen LogP contribution >= 0.6 is 0 Å². The molecule has 1 aliphatic heterocycles. The van der Waals surface area contributed by atoms with Crippen LogP contribution in [-0.4, -0.2) is 31.5 Å². The highest BCUT2D eigenvalue weighted by Crippen LogP contribution is 2.25. The summed E-state index contributed by atoms with van der Waals surface area (Å²) in [4.78, 5) is 24.0. The van der Waals surface area contributed by atoms with Gasteiger partial charge < -0.3 is 15.4 Å². The minimum atomic E-state index is -0.182. The molecule has 0 fully saturated rings. The largest absolute Gasteiger partial charge is 0.488 e. The number of fused-ring (bicyclic) bond motifs is 1. The van der Waals surface area contributed by atoms with Crippen LogP contribution in [0.1, 0.15) is 15.9 Å². The Hall–Kier alpha value is -3.08. The molecule has 24 heavy (non-hydrogen) atoms. The van der Waals surface area contributed by atoms with Gasteiger partial charge in [0.05, 0.1) is 5.57 Å². The van der Waals surface area contributed by atoms with E-state index in [-0.39, 0.29) is 18.4 Å². The number of ether oxygens (including phenoxy) is 1. The second kappa shape index (κ2) is 7.46. The number of hydrogen-bond donors (Lipinski definition) is 2. The van der Waals surface area contributed by atoms with E-state index in [0.29, 0.717) is 24.2 Å². The third-order valence-corrected chi connectivity index (χ3v) is 3.66. The van der Waals surface area contributed by atoms with Crippen molar-refractivity contribution in [3.63, 3.8) is 0 Å². The van der Waals surface area contributed by atoms with Gasteiger partial charge in [-0.3, -0.25) is 9.59 Å². The maximum Gasteiger partial charge on any atom is 0.251 e. The normalized spacial score (nSPS) is 12.4. The number of para-hydroxylation sites is 1. The summed E-state index contributed by atoms with van der Waals surface area (Å²) in [6, 6.07) is 16.5. The van der Waals surface area contributed by atoms with E-state index in [9.17, 15) is 9.59 Å². The Bertz CT molecular complexity index is 769. The zero-order valence-corrected chi connectivity index (χ0v) is 13.1. The molecule has 2 aromatic carbocycles. The number of rotatable bonds is 5. The summed E-state index contributed by atoms with van der Waals surface area (Å²) in [6.45, 7) is 0.972. The third-order valence-electron chi connectivity index (χ3n) is 3.66. The molecule has 3 rings (SSSR count). The highest BCUT2D eigenvalue weighted by Gasteiger charge is 2.16. The van der Waals surface area contributed by atoms with E-state index < -0.39 is 0 Å². The summed E-state index contributed by atoms with van der Waals surface area (Å²) in [5, 5.41) is 5.56. The number of carbonyl (C=O) groups excluding carboxylic acids is 2. The summed E-state index contributed by atoms with van der Waals surface area (Å²) < 4.78 is 5.56. The predicted octanol–water partition coefficient (Wildman–Crippen LogP) is 2.01. The van der Waals surface area contributed by atoms with Gasteiger partial charge in [-0.1, -0.05) is 36.4 Å². The first-order chi connectivity index (χ1) is 11.7. The van der Waals surface area contributed by atoms with Crippen molar-refractivity contribution in [1.82, 2.24) is 10.6 Å². The van der Waals surface area contributed by atoms with E-state index in [0.717, 1.165) is 11.3 Å². The maximum atomic E-state index is 12.2. The fourth-order valence-electron chi connectivity index (χ4n) is 2.40. The molecular formula is C19H18N2O3. The fraction of sp³-hybridized carbons (Fsp3) is 0.158. The smallest absolute Gasteiger partial charge is 0.251 e. The van der Waals surface area contributed by atoms with Crippen molar-refractivity contribution in [3.05, 3.63) is 71.3 Å². The first-order valence-corrected chi connectivity index (χ1v) is 7.78.